The second kappa shape index (κ2) is 5.25. The van der Waals surface area contributed by atoms with E-state index in [0.29, 0.717) is 6.04 Å². The number of benzene rings is 2. The van der Waals surface area contributed by atoms with Gasteiger partial charge in [-0.05, 0) is 129 Å². The van der Waals surface area contributed by atoms with Gasteiger partial charge in [0.1, 0.15) is 0 Å². The van der Waals surface area contributed by atoms with Crippen molar-refractivity contribution in [3.05, 3.63) is 61.2 Å². The molecule has 0 radical (unpaired) electrons. The summed E-state index contributed by atoms with van der Waals surface area (Å²) in [5.74, 6) is 0. The Kier molecular flexibility index (Phi) is 3.51. The Hall–Kier alpha value is -2.02. The summed E-state index contributed by atoms with van der Waals surface area (Å²) in [4.78, 5) is 2.55. The number of hydrogen-bond acceptors (Lipinski definition) is 1. The number of fused-ring (bicyclic) bond motifs is 5. The zero-order chi connectivity index (χ0) is 19.2. The molecule has 2 aromatic carbocycles. The second-order valence-corrected chi connectivity index (χ2v) is 8.56. The van der Waals surface area contributed by atoms with Crippen LogP contribution in [-0.4, -0.2) is 7.05 Å². The lowest BCUT2D eigenvalue weighted by atomic mass is 9.87. The van der Waals surface area contributed by atoms with Crippen molar-refractivity contribution >= 4 is 16.8 Å². The highest BCUT2D eigenvalue weighted by molar-refractivity contribution is 6.08. The first-order valence-corrected chi connectivity index (χ1v) is 9.76. The number of rotatable bonds is 0. The minimum absolute atomic E-state index is 0.372. The molecular formula is C25H31N. The molecule has 0 bridgehead atoms. The number of nitrogens with zero attached hydrogens (tertiary/aromatic N) is 1. The molecule has 0 spiro atoms. The number of hydrogen-bond donors (Lipinski definition) is 0. The van der Waals surface area contributed by atoms with E-state index >= 15 is 0 Å². The smallest absolute Gasteiger partial charge is 0.0811 e. The van der Waals surface area contributed by atoms with Crippen LogP contribution in [-0.2, 0) is 0 Å². The monoisotopic (exact) mass is 345 g/mol. The summed E-state index contributed by atoms with van der Waals surface area (Å²) in [5, 5.41) is 0. The van der Waals surface area contributed by atoms with Crippen molar-refractivity contribution in [1.82, 2.24) is 0 Å². The fraction of sp³-hybridized carbons (Fsp3) is 0.440. The van der Waals surface area contributed by atoms with Gasteiger partial charge in [-0.3, -0.25) is 0 Å². The van der Waals surface area contributed by atoms with Gasteiger partial charge in [-0.15, -0.1) is 0 Å². The van der Waals surface area contributed by atoms with E-state index in [2.05, 4.69) is 74.3 Å². The van der Waals surface area contributed by atoms with Crippen LogP contribution in [0.1, 0.15) is 74.2 Å². The lowest BCUT2D eigenvalue weighted by Crippen LogP contribution is -2.21. The second-order valence-electron chi connectivity index (χ2n) is 8.56. The van der Waals surface area contributed by atoms with Crippen LogP contribution in [0.25, 0.3) is 11.1 Å². The van der Waals surface area contributed by atoms with E-state index in [1.54, 1.807) is 11.1 Å². The highest BCUT2D eigenvalue weighted by Crippen LogP contribution is 2.60. The van der Waals surface area contributed by atoms with Gasteiger partial charge >= 0.3 is 0 Å². The summed E-state index contributed by atoms with van der Waals surface area (Å²) in [6.07, 6.45) is 0. The van der Waals surface area contributed by atoms with Crippen molar-refractivity contribution < 1.29 is 0 Å². The van der Waals surface area contributed by atoms with E-state index in [1.807, 2.05) is 0 Å². The van der Waals surface area contributed by atoms with E-state index in [0.717, 1.165) is 0 Å². The summed E-state index contributed by atoms with van der Waals surface area (Å²) >= 11 is 0. The molecule has 0 saturated carbocycles. The summed E-state index contributed by atoms with van der Waals surface area (Å²) in [5.41, 5.74) is 20.7. The molecule has 0 amide bonds. The van der Waals surface area contributed by atoms with E-state index in [9.17, 15) is 0 Å². The molecule has 0 saturated heterocycles. The predicted molar refractivity (Wildman–Crippen MR) is 114 cm³/mol. The van der Waals surface area contributed by atoms with Gasteiger partial charge < -0.3 is 4.90 Å². The summed E-state index contributed by atoms with van der Waals surface area (Å²) in [6, 6.07) is 0.372. The van der Waals surface area contributed by atoms with Crippen LogP contribution in [0.2, 0.25) is 0 Å². The lowest BCUT2D eigenvalue weighted by Gasteiger charge is -2.27. The maximum Gasteiger partial charge on any atom is 0.0811 e. The highest BCUT2D eigenvalue weighted by atomic mass is 15.2. The third-order valence-corrected chi connectivity index (χ3v) is 7.73. The largest absolute Gasteiger partial charge is 0.363 e. The van der Waals surface area contributed by atoms with E-state index < -0.39 is 0 Å². The van der Waals surface area contributed by atoms with Crippen molar-refractivity contribution in [2.45, 2.75) is 68.4 Å². The number of likely N-dealkylation sites (N-methyl/N-ethyl adjacent to an activating group) is 1. The molecular weight excluding hydrogens is 314 g/mol. The molecule has 2 aromatic rings. The van der Waals surface area contributed by atoms with Gasteiger partial charge in [-0.25, -0.2) is 0 Å². The van der Waals surface area contributed by atoms with Gasteiger partial charge in [0.25, 0.3) is 0 Å². The van der Waals surface area contributed by atoms with Crippen LogP contribution >= 0.6 is 0 Å². The molecule has 1 aliphatic carbocycles. The molecule has 26 heavy (non-hydrogen) atoms. The fourth-order valence-electron chi connectivity index (χ4n) is 5.55. The molecule has 136 valence electrons. The first kappa shape index (κ1) is 17.4. The van der Waals surface area contributed by atoms with Crippen LogP contribution in [0.5, 0.6) is 0 Å². The Morgan fingerprint density at radius 2 is 1.00 bits per heavy atom. The molecule has 0 fully saturated rings. The van der Waals surface area contributed by atoms with Gasteiger partial charge in [0.05, 0.1) is 6.04 Å². The third kappa shape index (κ3) is 1.77. The maximum absolute atomic E-state index is 2.55. The Labute approximate surface area is 158 Å². The number of allylic oxidation sites excluding steroid dienone is 1. The van der Waals surface area contributed by atoms with Crippen molar-refractivity contribution in [1.29, 1.82) is 0 Å². The lowest BCUT2D eigenvalue weighted by molar-refractivity contribution is 0.853. The zero-order valence-electron chi connectivity index (χ0n) is 18.0. The van der Waals surface area contributed by atoms with Crippen molar-refractivity contribution in [2.75, 3.05) is 11.9 Å². The molecule has 1 nitrogen and oxygen atoms in total. The van der Waals surface area contributed by atoms with E-state index in [4.69, 9.17) is 0 Å². The Balaban J connectivity index is 2.16. The first-order valence-electron chi connectivity index (χ1n) is 9.76. The zero-order valence-corrected chi connectivity index (χ0v) is 18.0. The van der Waals surface area contributed by atoms with E-state index in [-0.39, 0.29) is 0 Å². The molecule has 1 heterocycles. The van der Waals surface area contributed by atoms with Crippen LogP contribution < -0.4 is 4.90 Å². The summed E-state index contributed by atoms with van der Waals surface area (Å²) < 4.78 is 0. The van der Waals surface area contributed by atoms with Gasteiger partial charge in [-0.1, -0.05) is 0 Å². The molecule has 0 aromatic heterocycles. The van der Waals surface area contributed by atoms with Crippen LogP contribution in [0.4, 0.5) is 5.69 Å². The Morgan fingerprint density at radius 3 is 1.58 bits per heavy atom. The summed E-state index contributed by atoms with van der Waals surface area (Å²) in [6.45, 7) is 20.7. The predicted octanol–water partition coefficient (Wildman–Crippen LogP) is 6.59. The molecule has 0 N–H and O–H groups in total. The highest BCUT2D eigenvalue weighted by Gasteiger charge is 2.44. The first-order chi connectivity index (χ1) is 12.1. The minimum Gasteiger partial charge on any atom is -0.363 e. The number of anilines is 1. The average Bonchev–Trinajstić information content (AvgIpc) is 3.08. The fourth-order valence-corrected chi connectivity index (χ4v) is 5.55. The molecule has 1 heteroatoms. The SMILES string of the molecule is CC1=C2c3c(C)c(C)c(C)c(C)c3N(C)C2c2c(C)c(C)c(C)c(C)c21. The van der Waals surface area contributed by atoms with Crippen LogP contribution in [0.15, 0.2) is 0 Å². The van der Waals surface area contributed by atoms with Gasteiger partial charge in [0, 0.05) is 18.3 Å². The van der Waals surface area contributed by atoms with Gasteiger partial charge in [0.15, 0.2) is 0 Å². The van der Waals surface area contributed by atoms with Gasteiger partial charge in [-0.2, -0.15) is 0 Å². The molecule has 1 atom stereocenters. The Morgan fingerprint density at radius 1 is 0.538 bits per heavy atom. The van der Waals surface area contributed by atoms with E-state index in [1.165, 1.54) is 66.9 Å². The third-order valence-electron chi connectivity index (χ3n) is 7.73. The average molecular weight is 346 g/mol. The normalized spacial score (nSPS) is 17.8. The minimum atomic E-state index is 0.372. The van der Waals surface area contributed by atoms with Crippen LogP contribution in [0, 0.1) is 55.4 Å². The molecule has 2 aliphatic rings. The van der Waals surface area contributed by atoms with Crippen molar-refractivity contribution in [3.63, 3.8) is 0 Å². The van der Waals surface area contributed by atoms with Crippen LogP contribution in [0.3, 0.4) is 0 Å². The Bertz CT molecular complexity index is 1030. The van der Waals surface area contributed by atoms with Crippen molar-refractivity contribution in [2.24, 2.45) is 0 Å². The quantitative estimate of drug-likeness (QED) is 0.520. The summed E-state index contributed by atoms with van der Waals surface area (Å²) in [7, 11) is 2.30. The maximum atomic E-state index is 2.55. The molecule has 1 unspecified atom stereocenters. The topological polar surface area (TPSA) is 3.24 Å². The van der Waals surface area contributed by atoms with Crippen molar-refractivity contribution in [3.8, 4) is 0 Å². The molecule has 1 aliphatic heterocycles. The standard InChI is InChI=1S/C25H31N/c1-11-12(2)16(6)21-20(15(11)5)19(9)23-22-17(7)13(3)14(4)18(8)24(22)26(10)25(21)23/h25H,1-10H3. The van der Waals surface area contributed by atoms with Gasteiger partial charge in [0.2, 0.25) is 0 Å². The molecule has 4 rings (SSSR count).